The van der Waals surface area contributed by atoms with Gasteiger partial charge in [0.15, 0.2) is 0 Å². The Bertz CT molecular complexity index is 1080. The van der Waals surface area contributed by atoms with Gasteiger partial charge in [0, 0.05) is 10.9 Å². The lowest BCUT2D eigenvalue weighted by Crippen LogP contribution is -2.43. The van der Waals surface area contributed by atoms with Gasteiger partial charge in [-0.1, -0.05) is 45.0 Å². The summed E-state index contributed by atoms with van der Waals surface area (Å²) < 4.78 is 1.41. The van der Waals surface area contributed by atoms with Crippen LogP contribution in [0.1, 0.15) is 36.7 Å². The summed E-state index contributed by atoms with van der Waals surface area (Å²) in [5, 5.41) is 4.47. The molecule has 1 aromatic heterocycles. The number of fused-ring (bicyclic) bond motifs is 1. The summed E-state index contributed by atoms with van der Waals surface area (Å²) in [5.74, 6) is -0.868. The van der Waals surface area contributed by atoms with Crippen LogP contribution in [0.2, 0.25) is 0 Å². The number of nitrogens with one attached hydrogen (secondary N) is 2. The molecule has 7 heteroatoms. The number of rotatable bonds is 3. The monoisotopic (exact) mass is 378 g/mol. The Kier molecular flexibility index (Phi) is 5.26. The summed E-state index contributed by atoms with van der Waals surface area (Å²) in [6.45, 7) is 6.15. The maximum Gasteiger partial charge on any atom is 0.269 e. The molecule has 0 aliphatic heterocycles. The van der Waals surface area contributed by atoms with Gasteiger partial charge >= 0.3 is 0 Å². The van der Waals surface area contributed by atoms with Crippen LogP contribution in [-0.2, 0) is 16.8 Å². The van der Waals surface area contributed by atoms with E-state index in [1.54, 1.807) is 36.4 Å². The summed E-state index contributed by atoms with van der Waals surface area (Å²) in [5.41, 5.74) is 6.67. The van der Waals surface area contributed by atoms with Crippen molar-refractivity contribution in [3.63, 3.8) is 0 Å². The van der Waals surface area contributed by atoms with Crippen molar-refractivity contribution in [3.05, 3.63) is 76.1 Å². The Morgan fingerprint density at radius 2 is 1.68 bits per heavy atom. The number of hydrazine groups is 1. The topological polar surface area (TPSA) is 93.1 Å². The highest BCUT2D eigenvalue weighted by Gasteiger charge is 2.15. The molecule has 0 bridgehead atoms. The van der Waals surface area contributed by atoms with E-state index in [2.05, 4.69) is 36.7 Å². The fourth-order valence-electron chi connectivity index (χ4n) is 2.78. The summed E-state index contributed by atoms with van der Waals surface area (Å²) in [6.07, 6.45) is 1.17. The lowest BCUT2D eigenvalue weighted by Gasteiger charge is -2.19. The molecule has 28 heavy (non-hydrogen) atoms. The molecule has 7 nitrogen and oxygen atoms in total. The first-order valence-corrected chi connectivity index (χ1v) is 8.90. The standard InChI is InChI=1S/C21H22N4O3/c1-21(2,3)15-10-8-14(9-11-15)20(28)24-23-19(27)13-25-17-7-5-4-6-16(17)18(26)12-22-25/h4-12H,13H2,1-3H3,(H,23,27)(H,24,28). The van der Waals surface area contributed by atoms with Gasteiger partial charge in [-0.15, -0.1) is 0 Å². The second-order valence-electron chi connectivity index (χ2n) is 7.51. The van der Waals surface area contributed by atoms with E-state index >= 15 is 0 Å². The molecule has 3 aromatic rings. The van der Waals surface area contributed by atoms with E-state index in [9.17, 15) is 14.4 Å². The van der Waals surface area contributed by atoms with Crippen LogP contribution in [0.5, 0.6) is 0 Å². The molecule has 0 fully saturated rings. The molecule has 0 saturated heterocycles. The van der Waals surface area contributed by atoms with E-state index in [1.807, 2.05) is 12.1 Å². The van der Waals surface area contributed by atoms with Gasteiger partial charge in [0.25, 0.3) is 11.8 Å². The van der Waals surface area contributed by atoms with Gasteiger partial charge in [-0.05, 0) is 35.2 Å². The van der Waals surface area contributed by atoms with Gasteiger partial charge in [-0.3, -0.25) is 29.9 Å². The first-order chi connectivity index (χ1) is 13.3. The minimum atomic E-state index is -0.457. The van der Waals surface area contributed by atoms with Crippen LogP contribution in [0.4, 0.5) is 0 Å². The highest BCUT2D eigenvalue weighted by molar-refractivity contribution is 5.95. The predicted octanol–water partition coefficient (Wildman–Crippen LogP) is 2.16. The Morgan fingerprint density at radius 3 is 2.36 bits per heavy atom. The number of amides is 2. The van der Waals surface area contributed by atoms with Crippen LogP contribution < -0.4 is 16.3 Å². The molecular weight excluding hydrogens is 356 g/mol. The third-order valence-electron chi connectivity index (χ3n) is 4.38. The van der Waals surface area contributed by atoms with Gasteiger partial charge in [0.1, 0.15) is 6.54 Å². The zero-order chi connectivity index (χ0) is 20.3. The van der Waals surface area contributed by atoms with Gasteiger partial charge < -0.3 is 0 Å². The van der Waals surface area contributed by atoms with Crippen LogP contribution in [0, 0.1) is 0 Å². The summed E-state index contributed by atoms with van der Waals surface area (Å²) >= 11 is 0. The molecule has 0 aliphatic carbocycles. The molecule has 2 N–H and O–H groups in total. The maximum atomic E-state index is 12.2. The third kappa shape index (κ3) is 4.25. The Hall–Kier alpha value is -3.48. The molecule has 0 radical (unpaired) electrons. The number of nitrogens with zero attached hydrogens (tertiary/aromatic N) is 2. The summed E-state index contributed by atoms with van der Waals surface area (Å²) in [7, 11) is 0. The van der Waals surface area contributed by atoms with Crippen molar-refractivity contribution in [2.75, 3.05) is 0 Å². The van der Waals surface area contributed by atoms with Crippen molar-refractivity contribution in [3.8, 4) is 0 Å². The van der Waals surface area contributed by atoms with E-state index in [0.29, 0.717) is 16.5 Å². The van der Waals surface area contributed by atoms with Crippen molar-refractivity contribution >= 4 is 22.7 Å². The number of carbonyl (C=O) groups is 2. The zero-order valence-corrected chi connectivity index (χ0v) is 16.0. The highest BCUT2D eigenvalue weighted by Crippen LogP contribution is 2.22. The second-order valence-corrected chi connectivity index (χ2v) is 7.51. The lowest BCUT2D eigenvalue weighted by molar-refractivity contribution is -0.122. The number of benzene rings is 2. The normalized spacial score (nSPS) is 11.2. The molecule has 0 unspecified atom stereocenters. The fourth-order valence-corrected chi connectivity index (χ4v) is 2.78. The van der Waals surface area contributed by atoms with Crippen molar-refractivity contribution in [1.82, 2.24) is 20.6 Å². The van der Waals surface area contributed by atoms with Crippen LogP contribution in [-0.4, -0.2) is 21.6 Å². The van der Waals surface area contributed by atoms with Crippen LogP contribution >= 0.6 is 0 Å². The van der Waals surface area contributed by atoms with E-state index in [4.69, 9.17) is 0 Å². The predicted molar refractivity (Wildman–Crippen MR) is 107 cm³/mol. The van der Waals surface area contributed by atoms with Crippen LogP contribution in [0.3, 0.4) is 0 Å². The van der Waals surface area contributed by atoms with Crippen LogP contribution in [0.15, 0.2) is 59.5 Å². The number of carbonyl (C=O) groups excluding carboxylic acids is 2. The Morgan fingerprint density at radius 1 is 1.00 bits per heavy atom. The number of hydrogen-bond acceptors (Lipinski definition) is 4. The Labute approximate surface area is 162 Å². The molecule has 0 aliphatic rings. The zero-order valence-electron chi connectivity index (χ0n) is 16.0. The molecule has 0 atom stereocenters. The largest absolute Gasteiger partial charge is 0.287 e. The minimum Gasteiger partial charge on any atom is -0.287 e. The van der Waals surface area contributed by atoms with E-state index in [1.165, 1.54) is 10.9 Å². The molecule has 0 spiro atoms. The van der Waals surface area contributed by atoms with Crippen LogP contribution in [0.25, 0.3) is 10.9 Å². The first-order valence-electron chi connectivity index (χ1n) is 8.90. The van der Waals surface area contributed by atoms with Crippen molar-refractivity contribution in [1.29, 1.82) is 0 Å². The fraction of sp³-hybridized carbons (Fsp3) is 0.238. The molecule has 144 valence electrons. The van der Waals surface area contributed by atoms with E-state index in [0.717, 1.165) is 5.56 Å². The average molecular weight is 378 g/mol. The molecule has 1 heterocycles. The number of para-hydroxylation sites is 1. The van der Waals surface area contributed by atoms with E-state index in [-0.39, 0.29) is 17.4 Å². The van der Waals surface area contributed by atoms with Crippen molar-refractivity contribution in [2.45, 2.75) is 32.7 Å². The molecule has 2 aromatic carbocycles. The summed E-state index contributed by atoms with van der Waals surface area (Å²) in [6, 6.07) is 14.1. The Balaban J connectivity index is 1.64. The molecular formula is C21H22N4O3. The van der Waals surface area contributed by atoms with Gasteiger partial charge in [-0.2, -0.15) is 5.10 Å². The SMILES string of the molecule is CC(C)(C)c1ccc(C(=O)NNC(=O)Cn2ncc(=O)c3ccccc32)cc1. The molecule has 0 saturated carbocycles. The first kappa shape index (κ1) is 19.3. The van der Waals surface area contributed by atoms with Gasteiger partial charge in [0.2, 0.25) is 5.43 Å². The number of aromatic nitrogens is 2. The lowest BCUT2D eigenvalue weighted by atomic mass is 9.87. The van der Waals surface area contributed by atoms with Gasteiger partial charge in [-0.25, -0.2) is 0 Å². The maximum absolute atomic E-state index is 12.2. The minimum absolute atomic E-state index is 0.00411. The van der Waals surface area contributed by atoms with Crippen molar-refractivity contribution < 1.29 is 9.59 Å². The van der Waals surface area contributed by atoms with Gasteiger partial charge in [0.05, 0.1) is 11.7 Å². The molecule has 2 amide bonds. The quantitative estimate of drug-likeness (QED) is 0.683. The van der Waals surface area contributed by atoms with Crippen molar-refractivity contribution in [2.24, 2.45) is 0 Å². The smallest absolute Gasteiger partial charge is 0.269 e. The summed E-state index contributed by atoms with van der Waals surface area (Å²) in [4.78, 5) is 36.3. The van der Waals surface area contributed by atoms with E-state index < -0.39 is 11.8 Å². The second kappa shape index (κ2) is 7.64. The third-order valence-corrected chi connectivity index (χ3v) is 4.38. The number of hydrogen-bond donors (Lipinski definition) is 2. The average Bonchev–Trinajstić information content (AvgIpc) is 2.68. The highest BCUT2D eigenvalue weighted by atomic mass is 16.2. The molecule has 3 rings (SSSR count).